The molecule has 1 rings (SSSR count). The van der Waals surface area contributed by atoms with Gasteiger partial charge in [-0.1, -0.05) is 12.1 Å². The minimum atomic E-state index is -3.93. The Bertz CT molecular complexity index is 591. The van der Waals surface area contributed by atoms with Crippen molar-refractivity contribution in [2.24, 2.45) is 0 Å². The van der Waals surface area contributed by atoms with E-state index in [-0.39, 0.29) is 13.2 Å². The summed E-state index contributed by atoms with van der Waals surface area (Å²) in [5.74, 6) is 0.927. The minimum Gasteiger partial charge on any atom is -0.493 e. The molecule has 0 amide bonds. The topological polar surface area (TPSA) is 100 Å². The van der Waals surface area contributed by atoms with E-state index >= 15 is 0 Å². The molecule has 2 unspecified atom stereocenters. The highest BCUT2D eigenvalue weighted by Gasteiger charge is 2.20. The van der Waals surface area contributed by atoms with Crippen molar-refractivity contribution >= 4 is 21.4 Å². The van der Waals surface area contributed by atoms with Crippen LogP contribution >= 0.6 is 0 Å². The first kappa shape index (κ1) is 18.8. The summed E-state index contributed by atoms with van der Waals surface area (Å²) < 4.78 is 56.2. The van der Waals surface area contributed by atoms with Crippen molar-refractivity contribution in [3.8, 4) is 11.5 Å². The Hall–Kier alpha value is -1.20. The van der Waals surface area contributed by atoms with E-state index in [0.717, 1.165) is 0 Å². The summed E-state index contributed by atoms with van der Waals surface area (Å²) >= 11 is -1.55. The molecule has 0 aliphatic heterocycles. The fraction of sp³-hybridized carbons (Fsp3) is 0.500. The van der Waals surface area contributed by atoms with Crippen LogP contribution in [-0.4, -0.2) is 52.4 Å². The van der Waals surface area contributed by atoms with Gasteiger partial charge in [0.25, 0.3) is 0 Å². The first-order valence-corrected chi connectivity index (χ1v) is 9.11. The molecule has 0 saturated heterocycles. The van der Waals surface area contributed by atoms with E-state index in [0.29, 0.717) is 11.5 Å². The Labute approximate surface area is 132 Å². The van der Waals surface area contributed by atoms with Gasteiger partial charge in [-0.05, 0) is 12.1 Å². The van der Waals surface area contributed by atoms with Crippen LogP contribution in [-0.2, 0) is 29.8 Å². The third-order valence-corrected chi connectivity index (χ3v) is 3.92. The fourth-order valence-electron chi connectivity index (χ4n) is 1.42. The summed E-state index contributed by atoms with van der Waals surface area (Å²) in [5, 5.41) is 0. The van der Waals surface area contributed by atoms with Crippen molar-refractivity contribution < 1.29 is 30.5 Å². The maximum absolute atomic E-state index is 11.4. The van der Waals surface area contributed by atoms with Crippen LogP contribution in [0.25, 0.3) is 0 Å². The van der Waals surface area contributed by atoms with Gasteiger partial charge in [-0.15, -0.1) is 0 Å². The number of para-hydroxylation sites is 2. The highest BCUT2D eigenvalue weighted by molar-refractivity contribution is 7.84. The van der Waals surface area contributed by atoms with Crippen molar-refractivity contribution in [2.45, 2.75) is 6.10 Å². The predicted octanol–water partition coefficient (Wildman–Crippen LogP) is 0.233. The van der Waals surface area contributed by atoms with E-state index in [1.54, 1.807) is 24.3 Å². The second-order valence-corrected chi connectivity index (χ2v) is 6.57. The standard InChI is InChI=1S/C12H19NO7S2/c1-13-22(15,16)20-10(9-19-21(3)14)8-18-12-7-5-4-6-11(12)17-2/h4-7,10,13H,8-9H2,1-3H3. The quantitative estimate of drug-likeness (QED) is 0.643. The van der Waals surface area contributed by atoms with E-state index in [4.69, 9.17) is 17.8 Å². The van der Waals surface area contributed by atoms with Crippen LogP contribution in [0, 0.1) is 0 Å². The Morgan fingerprint density at radius 1 is 1.23 bits per heavy atom. The van der Waals surface area contributed by atoms with E-state index in [1.165, 1.54) is 20.4 Å². The zero-order chi connectivity index (χ0) is 16.6. The monoisotopic (exact) mass is 353 g/mol. The lowest BCUT2D eigenvalue weighted by Crippen LogP contribution is -2.34. The van der Waals surface area contributed by atoms with Gasteiger partial charge >= 0.3 is 10.3 Å². The Morgan fingerprint density at radius 2 is 1.86 bits per heavy atom. The number of methoxy groups -OCH3 is 1. The molecule has 1 N–H and O–H groups in total. The van der Waals surface area contributed by atoms with Crippen molar-refractivity contribution in [3.05, 3.63) is 24.3 Å². The minimum absolute atomic E-state index is 0.127. The molecular formula is C12H19NO7S2. The van der Waals surface area contributed by atoms with Crippen molar-refractivity contribution in [2.75, 3.05) is 33.6 Å². The van der Waals surface area contributed by atoms with Gasteiger partial charge in [0.15, 0.2) is 22.6 Å². The summed E-state index contributed by atoms with van der Waals surface area (Å²) in [5.41, 5.74) is 0. The molecule has 2 atom stereocenters. The first-order chi connectivity index (χ1) is 10.4. The maximum atomic E-state index is 11.4. The zero-order valence-electron chi connectivity index (χ0n) is 12.5. The molecule has 1 aromatic carbocycles. The summed E-state index contributed by atoms with van der Waals surface area (Å²) in [6.45, 7) is -0.336. The molecule has 0 bridgehead atoms. The van der Waals surface area contributed by atoms with E-state index in [1.807, 2.05) is 4.72 Å². The second kappa shape index (κ2) is 9.06. The Balaban J connectivity index is 2.73. The number of ether oxygens (including phenoxy) is 2. The SMILES string of the molecule is CNS(=O)(=O)OC(COc1ccccc1OC)COS(C)=O. The van der Waals surface area contributed by atoms with E-state index in [2.05, 4.69) is 0 Å². The highest BCUT2D eigenvalue weighted by Crippen LogP contribution is 2.26. The molecule has 0 radical (unpaired) electrons. The molecule has 0 fully saturated rings. The molecule has 1 aromatic rings. The third kappa shape index (κ3) is 6.71. The van der Waals surface area contributed by atoms with Gasteiger partial charge in [-0.2, -0.15) is 13.1 Å². The van der Waals surface area contributed by atoms with Gasteiger partial charge in [0, 0.05) is 13.3 Å². The number of hydrogen-bond donors (Lipinski definition) is 1. The molecule has 8 nitrogen and oxygen atoms in total. The molecule has 126 valence electrons. The fourth-order valence-corrected chi connectivity index (χ4v) is 2.33. The van der Waals surface area contributed by atoms with Crippen molar-refractivity contribution in [1.82, 2.24) is 4.72 Å². The van der Waals surface area contributed by atoms with Crippen LogP contribution < -0.4 is 14.2 Å². The number of rotatable bonds is 10. The highest BCUT2D eigenvalue weighted by atomic mass is 32.2. The smallest absolute Gasteiger partial charge is 0.336 e. The molecule has 0 heterocycles. The lowest BCUT2D eigenvalue weighted by molar-refractivity contribution is 0.0892. The second-order valence-electron chi connectivity index (χ2n) is 4.02. The van der Waals surface area contributed by atoms with Crippen molar-refractivity contribution in [3.63, 3.8) is 0 Å². The lowest BCUT2D eigenvalue weighted by atomic mass is 10.3. The summed E-state index contributed by atoms with van der Waals surface area (Å²) in [6, 6.07) is 6.89. The Morgan fingerprint density at radius 3 is 2.41 bits per heavy atom. The van der Waals surface area contributed by atoms with Gasteiger partial charge < -0.3 is 9.47 Å². The van der Waals surface area contributed by atoms with Gasteiger partial charge in [-0.3, -0.25) is 4.18 Å². The molecule has 0 aliphatic carbocycles. The van der Waals surface area contributed by atoms with Crippen LogP contribution in [0.4, 0.5) is 0 Å². The van der Waals surface area contributed by atoms with E-state index < -0.39 is 27.5 Å². The van der Waals surface area contributed by atoms with Gasteiger partial charge in [0.1, 0.15) is 12.7 Å². The molecule has 22 heavy (non-hydrogen) atoms. The van der Waals surface area contributed by atoms with Gasteiger partial charge in [-0.25, -0.2) is 8.39 Å². The van der Waals surface area contributed by atoms with Crippen LogP contribution in [0.2, 0.25) is 0 Å². The molecule has 0 aliphatic rings. The molecular weight excluding hydrogens is 334 g/mol. The lowest BCUT2D eigenvalue weighted by Gasteiger charge is -2.18. The normalized spacial score (nSPS) is 14.3. The summed E-state index contributed by atoms with van der Waals surface area (Å²) in [6.07, 6.45) is 0.358. The van der Waals surface area contributed by atoms with Crippen LogP contribution in [0.3, 0.4) is 0 Å². The molecule has 0 spiro atoms. The maximum Gasteiger partial charge on any atom is 0.336 e. The molecule has 0 aromatic heterocycles. The van der Waals surface area contributed by atoms with Crippen LogP contribution in [0.15, 0.2) is 24.3 Å². The average molecular weight is 353 g/mol. The van der Waals surface area contributed by atoms with E-state index in [9.17, 15) is 12.6 Å². The summed E-state index contributed by atoms with van der Waals surface area (Å²) in [4.78, 5) is 0. The van der Waals surface area contributed by atoms with Crippen LogP contribution in [0.5, 0.6) is 11.5 Å². The third-order valence-electron chi connectivity index (χ3n) is 2.43. The predicted molar refractivity (Wildman–Crippen MR) is 81.4 cm³/mol. The number of hydrogen-bond acceptors (Lipinski definition) is 7. The molecule has 10 heteroatoms. The zero-order valence-corrected chi connectivity index (χ0v) is 14.1. The van der Waals surface area contributed by atoms with Crippen LogP contribution in [0.1, 0.15) is 0 Å². The average Bonchev–Trinajstić information content (AvgIpc) is 2.50. The van der Waals surface area contributed by atoms with Gasteiger partial charge in [0.05, 0.1) is 13.7 Å². The largest absolute Gasteiger partial charge is 0.493 e. The Kier molecular flexibility index (Phi) is 7.76. The number of benzene rings is 1. The number of nitrogens with one attached hydrogen (secondary N) is 1. The van der Waals surface area contributed by atoms with Crippen molar-refractivity contribution in [1.29, 1.82) is 0 Å². The summed E-state index contributed by atoms with van der Waals surface area (Å²) in [7, 11) is -1.22. The molecule has 0 saturated carbocycles. The first-order valence-electron chi connectivity index (χ1n) is 6.22. The van der Waals surface area contributed by atoms with Gasteiger partial charge in [0.2, 0.25) is 0 Å².